The van der Waals surface area contributed by atoms with E-state index in [1.165, 1.54) is 5.56 Å². The molecule has 0 saturated heterocycles. The third kappa shape index (κ3) is 4.19. The standard InChI is InChI=1S/C10H19N3S/c11-3-6-13(7-4-12)5-1-10-2-8-14-9-10/h2,8-9H,1,3-7,11-12H2. The van der Waals surface area contributed by atoms with Crippen LogP contribution in [0.2, 0.25) is 0 Å². The number of hydrogen-bond acceptors (Lipinski definition) is 4. The van der Waals surface area contributed by atoms with E-state index in [2.05, 4.69) is 21.7 Å². The van der Waals surface area contributed by atoms with Crippen molar-refractivity contribution in [3.63, 3.8) is 0 Å². The van der Waals surface area contributed by atoms with Crippen molar-refractivity contribution < 1.29 is 0 Å². The molecule has 0 aliphatic rings. The minimum absolute atomic E-state index is 0.712. The van der Waals surface area contributed by atoms with Crippen LogP contribution in [-0.4, -0.2) is 37.6 Å². The molecule has 14 heavy (non-hydrogen) atoms. The zero-order chi connectivity index (χ0) is 10.2. The molecule has 0 saturated carbocycles. The minimum Gasteiger partial charge on any atom is -0.329 e. The zero-order valence-corrected chi connectivity index (χ0v) is 9.30. The minimum atomic E-state index is 0.712. The highest BCUT2D eigenvalue weighted by Gasteiger charge is 2.02. The first kappa shape index (κ1) is 11.7. The summed E-state index contributed by atoms with van der Waals surface area (Å²) in [7, 11) is 0. The fourth-order valence-electron chi connectivity index (χ4n) is 1.42. The van der Waals surface area contributed by atoms with Crippen molar-refractivity contribution >= 4 is 11.3 Å². The first-order valence-corrected chi connectivity index (χ1v) is 5.94. The van der Waals surface area contributed by atoms with Crippen LogP contribution < -0.4 is 11.5 Å². The van der Waals surface area contributed by atoms with Crippen molar-refractivity contribution in [1.29, 1.82) is 0 Å². The molecule has 0 bridgehead atoms. The lowest BCUT2D eigenvalue weighted by Gasteiger charge is -2.20. The van der Waals surface area contributed by atoms with E-state index in [-0.39, 0.29) is 0 Å². The van der Waals surface area contributed by atoms with Crippen LogP contribution in [0, 0.1) is 0 Å². The predicted molar refractivity (Wildman–Crippen MR) is 62.6 cm³/mol. The Morgan fingerprint density at radius 3 is 2.36 bits per heavy atom. The van der Waals surface area contributed by atoms with Gasteiger partial charge >= 0.3 is 0 Å². The summed E-state index contributed by atoms with van der Waals surface area (Å²) in [5, 5.41) is 4.31. The molecule has 0 amide bonds. The van der Waals surface area contributed by atoms with Crippen LogP contribution in [0.25, 0.3) is 0 Å². The SMILES string of the molecule is NCCN(CCN)CCc1ccsc1. The molecule has 4 heteroatoms. The van der Waals surface area contributed by atoms with Crippen molar-refractivity contribution in [2.75, 3.05) is 32.7 Å². The van der Waals surface area contributed by atoms with Gasteiger partial charge < -0.3 is 16.4 Å². The van der Waals surface area contributed by atoms with E-state index in [0.717, 1.165) is 26.1 Å². The Morgan fingerprint density at radius 1 is 1.14 bits per heavy atom. The Kier molecular flexibility index (Phi) is 5.78. The number of hydrogen-bond donors (Lipinski definition) is 2. The molecule has 1 aromatic rings. The second kappa shape index (κ2) is 6.95. The zero-order valence-electron chi connectivity index (χ0n) is 8.48. The molecular formula is C10H19N3S. The van der Waals surface area contributed by atoms with Gasteiger partial charge in [0.05, 0.1) is 0 Å². The van der Waals surface area contributed by atoms with Gasteiger partial charge in [-0.3, -0.25) is 0 Å². The van der Waals surface area contributed by atoms with Crippen LogP contribution >= 0.6 is 11.3 Å². The molecule has 3 nitrogen and oxygen atoms in total. The van der Waals surface area contributed by atoms with Crippen molar-refractivity contribution in [1.82, 2.24) is 4.90 Å². The molecular weight excluding hydrogens is 194 g/mol. The Labute approximate surface area is 89.7 Å². The van der Waals surface area contributed by atoms with Crippen molar-refractivity contribution in [2.24, 2.45) is 11.5 Å². The van der Waals surface area contributed by atoms with Crippen LogP contribution in [0.3, 0.4) is 0 Å². The highest BCUT2D eigenvalue weighted by Crippen LogP contribution is 2.07. The van der Waals surface area contributed by atoms with Gasteiger partial charge in [-0.05, 0) is 28.8 Å². The quantitative estimate of drug-likeness (QED) is 0.694. The summed E-state index contributed by atoms with van der Waals surface area (Å²) in [6, 6.07) is 2.17. The molecule has 1 rings (SSSR count). The van der Waals surface area contributed by atoms with Crippen LogP contribution in [0.5, 0.6) is 0 Å². The Bertz CT molecular complexity index is 217. The predicted octanol–water partition coefficient (Wildman–Crippen LogP) is 0.510. The van der Waals surface area contributed by atoms with E-state index in [1.807, 2.05) is 0 Å². The lowest BCUT2D eigenvalue weighted by molar-refractivity contribution is 0.292. The molecule has 80 valence electrons. The van der Waals surface area contributed by atoms with Gasteiger partial charge in [0, 0.05) is 32.7 Å². The van der Waals surface area contributed by atoms with Crippen molar-refractivity contribution in [3.05, 3.63) is 22.4 Å². The van der Waals surface area contributed by atoms with E-state index in [4.69, 9.17) is 11.5 Å². The van der Waals surface area contributed by atoms with Gasteiger partial charge in [0.2, 0.25) is 0 Å². The van der Waals surface area contributed by atoms with Crippen LogP contribution in [-0.2, 0) is 6.42 Å². The lowest BCUT2D eigenvalue weighted by atomic mass is 10.2. The van der Waals surface area contributed by atoms with Crippen molar-refractivity contribution in [2.45, 2.75) is 6.42 Å². The molecule has 1 aromatic heterocycles. The summed E-state index contributed by atoms with van der Waals surface area (Å²) in [5.74, 6) is 0. The molecule has 0 aromatic carbocycles. The molecule has 0 fully saturated rings. The molecule has 0 unspecified atom stereocenters. The van der Waals surface area contributed by atoms with Crippen LogP contribution in [0.1, 0.15) is 5.56 Å². The maximum absolute atomic E-state index is 5.53. The first-order valence-electron chi connectivity index (χ1n) is 5.00. The van der Waals surface area contributed by atoms with Crippen molar-refractivity contribution in [3.8, 4) is 0 Å². The molecule has 1 heterocycles. The maximum atomic E-state index is 5.53. The normalized spacial score (nSPS) is 11.1. The largest absolute Gasteiger partial charge is 0.329 e. The summed E-state index contributed by atoms with van der Waals surface area (Å²) in [5.41, 5.74) is 12.5. The summed E-state index contributed by atoms with van der Waals surface area (Å²) in [6.07, 6.45) is 1.10. The van der Waals surface area contributed by atoms with E-state index in [9.17, 15) is 0 Å². The average Bonchev–Trinajstić information content (AvgIpc) is 2.67. The number of thiophene rings is 1. The van der Waals surface area contributed by atoms with Gasteiger partial charge in [-0.25, -0.2) is 0 Å². The fourth-order valence-corrected chi connectivity index (χ4v) is 2.13. The summed E-state index contributed by atoms with van der Waals surface area (Å²) < 4.78 is 0. The molecule has 0 aliphatic carbocycles. The molecule has 4 N–H and O–H groups in total. The van der Waals surface area contributed by atoms with E-state index in [0.29, 0.717) is 13.1 Å². The second-order valence-electron chi connectivity index (χ2n) is 3.30. The Balaban J connectivity index is 2.25. The highest BCUT2D eigenvalue weighted by atomic mass is 32.1. The molecule has 0 radical (unpaired) electrons. The van der Waals surface area contributed by atoms with E-state index in [1.54, 1.807) is 11.3 Å². The first-order chi connectivity index (χ1) is 6.86. The maximum Gasteiger partial charge on any atom is 0.0105 e. The number of rotatable bonds is 7. The monoisotopic (exact) mass is 213 g/mol. The topological polar surface area (TPSA) is 55.3 Å². The fraction of sp³-hybridized carbons (Fsp3) is 0.600. The Hall–Kier alpha value is -0.420. The average molecular weight is 213 g/mol. The van der Waals surface area contributed by atoms with Gasteiger partial charge in [-0.2, -0.15) is 11.3 Å². The smallest absolute Gasteiger partial charge is 0.0105 e. The van der Waals surface area contributed by atoms with Gasteiger partial charge in [0.15, 0.2) is 0 Å². The second-order valence-corrected chi connectivity index (χ2v) is 4.08. The molecule has 0 spiro atoms. The number of nitrogens with two attached hydrogens (primary N) is 2. The van der Waals surface area contributed by atoms with Crippen LogP contribution in [0.15, 0.2) is 16.8 Å². The third-order valence-corrected chi connectivity index (χ3v) is 2.92. The lowest BCUT2D eigenvalue weighted by Crippen LogP contribution is -2.35. The van der Waals surface area contributed by atoms with E-state index >= 15 is 0 Å². The van der Waals surface area contributed by atoms with Gasteiger partial charge in [-0.1, -0.05) is 0 Å². The van der Waals surface area contributed by atoms with E-state index < -0.39 is 0 Å². The Morgan fingerprint density at radius 2 is 1.86 bits per heavy atom. The summed E-state index contributed by atoms with van der Waals surface area (Å²) in [6.45, 7) is 4.38. The number of nitrogens with zero attached hydrogens (tertiary/aromatic N) is 1. The molecule has 0 atom stereocenters. The highest BCUT2D eigenvalue weighted by molar-refractivity contribution is 7.07. The molecule has 0 aliphatic heterocycles. The summed E-state index contributed by atoms with van der Waals surface area (Å²) in [4.78, 5) is 2.32. The third-order valence-electron chi connectivity index (χ3n) is 2.19. The van der Waals surface area contributed by atoms with Gasteiger partial charge in [-0.15, -0.1) is 0 Å². The summed E-state index contributed by atoms with van der Waals surface area (Å²) >= 11 is 1.75. The van der Waals surface area contributed by atoms with Gasteiger partial charge in [0.1, 0.15) is 0 Å². The van der Waals surface area contributed by atoms with Crippen LogP contribution in [0.4, 0.5) is 0 Å². The van der Waals surface area contributed by atoms with Gasteiger partial charge in [0.25, 0.3) is 0 Å².